The van der Waals surface area contributed by atoms with Crippen molar-refractivity contribution >= 4 is 57.3 Å². The highest BCUT2D eigenvalue weighted by Crippen LogP contribution is 2.27. The number of hydrogen-bond acceptors (Lipinski definition) is 8. The van der Waals surface area contributed by atoms with Crippen molar-refractivity contribution in [3.8, 4) is 0 Å². The van der Waals surface area contributed by atoms with E-state index in [4.69, 9.17) is 5.41 Å². The zero-order chi connectivity index (χ0) is 23.1. The number of nitrogens with one attached hydrogen (secondary N) is 6. The third-order valence-electron chi connectivity index (χ3n) is 4.46. The standard InChI is InChI=1S/C22H24N6O2S2/c1-13(23)20(14(2)24-3)28-27-16-9-8-15(25-21(29)18-6-4-10-31-18)12-17(16)26-22(30)19-7-5-11-32-19/h4-12,23-24,27-28H,1-3H3,(H,25,29)(H,26,30)/b20-14+,23-13?. The van der Waals surface area contributed by atoms with Crippen molar-refractivity contribution in [3.63, 3.8) is 0 Å². The summed E-state index contributed by atoms with van der Waals surface area (Å²) in [7, 11) is 1.78. The SMILES string of the molecule is CN/C(C)=C(/NNc1ccc(NC(=O)c2cccs2)cc1NC(=O)c1cccs1)C(C)=N. The lowest BCUT2D eigenvalue weighted by Crippen LogP contribution is -2.29. The lowest BCUT2D eigenvalue weighted by Gasteiger charge is -2.19. The number of anilines is 3. The second kappa shape index (κ2) is 10.6. The molecule has 166 valence electrons. The molecule has 32 heavy (non-hydrogen) atoms. The second-order valence-electron chi connectivity index (χ2n) is 6.75. The molecule has 0 bridgehead atoms. The molecule has 0 fully saturated rings. The maximum atomic E-state index is 12.7. The van der Waals surface area contributed by atoms with Crippen LogP contribution in [0.25, 0.3) is 0 Å². The zero-order valence-electron chi connectivity index (χ0n) is 17.8. The summed E-state index contributed by atoms with van der Waals surface area (Å²) >= 11 is 2.69. The van der Waals surface area contributed by atoms with Crippen LogP contribution >= 0.6 is 22.7 Å². The summed E-state index contributed by atoms with van der Waals surface area (Å²) in [6.07, 6.45) is 0. The Labute approximate surface area is 194 Å². The predicted octanol–water partition coefficient (Wildman–Crippen LogP) is 4.72. The first-order valence-corrected chi connectivity index (χ1v) is 11.4. The zero-order valence-corrected chi connectivity index (χ0v) is 19.5. The molecule has 0 saturated heterocycles. The molecule has 3 aromatic rings. The summed E-state index contributed by atoms with van der Waals surface area (Å²) in [6, 6.07) is 12.3. The Morgan fingerprint density at radius 1 is 0.875 bits per heavy atom. The van der Waals surface area contributed by atoms with Gasteiger partial charge < -0.3 is 21.4 Å². The van der Waals surface area contributed by atoms with Gasteiger partial charge in [-0.1, -0.05) is 12.1 Å². The van der Waals surface area contributed by atoms with Crippen molar-refractivity contribution in [1.29, 1.82) is 5.41 Å². The summed E-state index contributed by atoms with van der Waals surface area (Å²) in [5, 5.41) is 20.4. The van der Waals surface area contributed by atoms with E-state index < -0.39 is 0 Å². The number of thiophene rings is 2. The fourth-order valence-electron chi connectivity index (χ4n) is 2.75. The van der Waals surface area contributed by atoms with Crippen LogP contribution in [0.5, 0.6) is 0 Å². The van der Waals surface area contributed by atoms with Crippen molar-refractivity contribution in [2.24, 2.45) is 0 Å². The van der Waals surface area contributed by atoms with Crippen LogP contribution in [-0.2, 0) is 0 Å². The monoisotopic (exact) mass is 468 g/mol. The summed E-state index contributed by atoms with van der Waals surface area (Å²) in [6.45, 7) is 3.53. The van der Waals surface area contributed by atoms with Crippen molar-refractivity contribution in [3.05, 3.63) is 74.4 Å². The van der Waals surface area contributed by atoms with Gasteiger partial charge >= 0.3 is 0 Å². The number of rotatable bonds is 9. The highest BCUT2D eigenvalue weighted by atomic mass is 32.1. The first-order chi connectivity index (χ1) is 15.4. The van der Waals surface area contributed by atoms with Crippen LogP contribution in [0.15, 0.2) is 64.6 Å². The summed E-state index contributed by atoms with van der Waals surface area (Å²) < 4.78 is 0. The minimum absolute atomic E-state index is 0.219. The van der Waals surface area contributed by atoms with E-state index >= 15 is 0 Å². The van der Waals surface area contributed by atoms with Crippen LogP contribution in [0, 0.1) is 5.41 Å². The summed E-state index contributed by atoms with van der Waals surface area (Å²) in [5.74, 6) is -0.473. The van der Waals surface area contributed by atoms with Crippen molar-refractivity contribution in [1.82, 2.24) is 10.7 Å². The second-order valence-corrected chi connectivity index (χ2v) is 8.64. The lowest BCUT2D eigenvalue weighted by atomic mass is 10.2. The van der Waals surface area contributed by atoms with Crippen molar-refractivity contribution in [2.45, 2.75) is 13.8 Å². The van der Waals surface area contributed by atoms with E-state index in [1.807, 2.05) is 29.8 Å². The molecule has 6 N–H and O–H groups in total. The van der Waals surface area contributed by atoms with Gasteiger partial charge in [0, 0.05) is 18.4 Å². The predicted molar refractivity (Wildman–Crippen MR) is 133 cm³/mol. The van der Waals surface area contributed by atoms with E-state index in [9.17, 15) is 9.59 Å². The quantitative estimate of drug-likeness (QED) is 0.201. The molecule has 0 aliphatic heterocycles. The Morgan fingerprint density at radius 2 is 1.50 bits per heavy atom. The minimum Gasteiger partial charge on any atom is -0.390 e. The molecule has 0 aliphatic rings. The first-order valence-electron chi connectivity index (χ1n) is 9.69. The number of benzene rings is 1. The molecule has 1 aromatic carbocycles. The molecular weight excluding hydrogens is 444 g/mol. The third-order valence-corrected chi connectivity index (χ3v) is 6.20. The molecule has 10 heteroatoms. The van der Waals surface area contributed by atoms with Crippen LogP contribution in [0.2, 0.25) is 0 Å². The fourth-order valence-corrected chi connectivity index (χ4v) is 3.99. The summed E-state index contributed by atoms with van der Waals surface area (Å²) in [5.41, 5.74) is 9.39. The minimum atomic E-state index is -0.254. The Bertz CT molecular complexity index is 1140. The normalized spacial score (nSPS) is 11.2. The Kier molecular flexibility index (Phi) is 7.63. The van der Waals surface area contributed by atoms with Gasteiger partial charge in [-0.15, -0.1) is 22.7 Å². The van der Waals surface area contributed by atoms with Gasteiger partial charge in [-0.05, 0) is 54.9 Å². The molecule has 8 nitrogen and oxygen atoms in total. The van der Waals surface area contributed by atoms with Crippen LogP contribution in [0.4, 0.5) is 17.1 Å². The van der Waals surface area contributed by atoms with Crippen molar-refractivity contribution < 1.29 is 9.59 Å². The van der Waals surface area contributed by atoms with E-state index in [2.05, 4.69) is 26.8 Å². The topological polar surface area (TPSA) is 118 Å². The average Bonchev–Trinajstić information content (AvgIpc) is 3.49. The molecule has 2 amide bonds. The van der Waals surface area contributed by atoms with Crippen LogP contribution < -0.4 is 26.8 Å². The van der Waals surface area contributed by atoms with Gasteiger partial charge in [-0.25, -0.2) is 0 Å². The number of hydrazine groups is 1. The maximum absolute atomic E-state index is 12.7. The number of allylic oxidation sites excluding steroid dienone is 2. The number of amides is 2. The van der Waals surface area contributed by atoms with Gasteiger partial charge in [0.1, 0.15) is 0 Å². The van der Waals surface area contributed by atoms with E-state index in [1.165, 1.54) is 22.7 Å². The molecule has 2 aromatic heterocycles. The Hall–Kier alpha value is -3.63. The van der Waals surface area contributed by atoms with Crippen LogP contribution in [0.1, 0.15) is 33.2 Å². The first kappa shape index (κ1) is 23.0. The van der Waals surface area contributed by atoms with Gasteiger partial charge in [0.2, 0.25) is 0 Å². The molecule has 0 atom stereocenters. The third kappa shape index (κ3) is 5.74. The summed E-state index contributed by atoms with van der Waals surface area (Å²) in [4.78, 5) is 26.3. The smallest absolute Gasteiger partial charge is 0.265 e. The van der Waals surface area contributed by atoms with Crippen molar-refractivity contribution in [2.75, 3.05) is 23.1 Å². The molecule has 3 rings (SSSR count). The lowest BCUT2D eigenvalue weighted by molar-refractivity contribution is 0.102. The molecule has 0 unspecified atom stereocenters. The number of hydrogen-bond donors (Lipinski definition) is 6. The van der Waals surface area contributed by atoms with E-state index in [0.717, 1.165) is 5.70 Å². The van der Waals surface area contributed by atoms with E-state index in [-0.39, 0.29) is 11.8 Å². The molecule has 0 spiro atoms. The van der Waals surface area contributed by atoms with Gasteiger partial charge in [0.15, 0.2) is 0 Å². The van der Waals surface area contributed by atoms with Gasteiger partial charge in [0.05, 0.1) is 32.5 Å². The highest BCUT2D eigenvalue weighted by Gasteiger charge is 2.14. The van der Waals surface area contributed by atoms with Crippen LogP contribution in [-0.4, -0.2) is 24.6 Å². The Balaban J connectivity index is 1.86. The van der Waals surface area contributed by atoms with Gasteiger partial charge in [-0.2, -0.15) is 0 Å². The Morgan fingerprint density at radius 3 is 2.03 bits per heavy atom. The highest BCUT2D eigenvalue weighted by molar-refractivity contribution is 7.12. The van der Waals surface area contributed by atoms with Crippen LogP contribution in [0.3, 0.4) is 0 Å². The average molecular weight is 469 g/mol. The molecule has 0 saturated carbocycles. The van der Waals surface area contributed by atoms with Gasteiger partial charge in [-0.3, -0.25) is 20.4 Å². The number of carbonyl (C=O) groups excluding carboxylic acids is 2. The molecular formula is C22H24N6O2S2. The molecule has 0 radical (unpaired) electrons. The van der Waals surface area contributed by atoms with E-state index in [0.29, 0.717) is 38.2 Å². The number of carbonyl (C=O) groups is 2. The maximum Gasteiger partial charge on any atom is 0.265 e. The molecule has 2 heterocycles. The molecule has 0 aliphatic carbocycles. The largest absolute Gasteiger partial charge is 0.390 e. The van der Waals surface area contributed by atoms with Gasteiger partial charge in [0.25, 0.3) is 11.8 Å². The fraction of sp³-hybridized carbons (Fsp3) is 0.136. The van der Waals surface area contributed by atoms with E-state index in [1.54, 1.807) is 44.3 Å².